The molecule has 1 fully saturated rings. The lowest BCUT2D eigenvalue weighted by molar-refractivity contribution is 0.105. The fourth-order valence-corrected chi connectivity index (χ4v) is 3.63. The second kappa shape index (κ2) is 7.75. The molecule has 3 heteroatoms. The summed E-state index contributed by atoms with van der Waals surface area (Å²) in [6.45, 7) is 7.35. The van der Waals surface area contributed by atoms with Gasteiger partial charge in [-0.1, -0.05) is 32.8 Å². The Labute approximate surface area is 123 Å². The van der Waals surface area contributed by atoms with E-state index in [0.717, 1.165) is 37.2 Å². The summed E-state index contributed by atoms with van der Waals surface area (Å²) in [6.07, 6.45) is 7.30. The lowest BCUT2D eigenvalue weighted by atomic mass is 9.78. The Morgan fingerprint density at radius 3 is 2.85 bits per heavy atom. The fourth-order valence-electron chi connectivity index (χ4n) is 3.63. The molecule has 3 nitrogen and oxygen atoms in total. The minimum atomic E-state index is 0.504. The highest BCUT2D eigenvalue weighted by molar-refractivity contribution is 5.04. The van der Waals surface area contributed by atoms with Crippen molar-refractivity contribution in [2.45, 2.75) is 52.1 Å². The molecule has 2 rings (SSSR count). The molecule has 0 bridgehead atoms. The SMILES string of the molecule is CCN(Cc1ccccn1)C(CN)C1CCCC(C)C1. The maximum absolute atomic E-state index is 6.12. The van der Waals surface area contributed by atoms with Crippen LogP contribution >= 0.6 is 0 Å². The summed E-state index contributed by atoms with van der Waals surface area (Å²) in [4.78, 5) is 6.98. The molecule has 0 aromatic carbocycles. The first-order valence-corrected chi connectivity index (χ1v) is 8.08. The van der Waals surface area contributed by atoms with Crippen LogP contribution in [0.25, 0.3) is 0 Å². The first-order valence-electron chi connectivity index (χ1n) is 8.08. The topological polar surface area (TPSA) is 42.2 Å². The van der Waals surface area contributed by atoms with E-state index >= 15 is 0 Å². The van der Waals surface area contributed by atoms with Gasteiger partial charge in [0.2, 0.25) is 0 Å². The van der Waals surface area contributed by atoms with E-state index in [9.17, 15) is 0 Å². The molecule has 1 saturated carbocycles. The number of likely N-dealkylation sites (N-methyl/N-ethyl adjacent to an activating group) is 1. The first-order chi connectivity index (χ1) is 9.74. The molecule has 1 aliphatic carbocycles. The van der Waals surface area contributed by atoms with Crippen molar-refractivity contribution >= 4 is 0 Å². The summed E-state index contributed by atoms with van der Waals surface area (Å²) < 4.78 is 0. The maximum Gasteiger partial charge on any atom is 0.0544 e. The van der Waals surface area contributed by atoms with Crippen molar-refractivity contribution in [2.24, 2.45) is 17.6 Å². The van der Waals surface area contributed by atoms with Gasteiger partial charge in [-0.15, -0.1) is 0 Å². The number of nitrogens with two attached hydrogens (primary N) is 1. The molecule has 0 radical (unpaired) electrons. The minimum absolute atomic E-state index is 0.504. The Balaban J connectivity index is 2.03. The van der Waals surface area contributed by atoms with Crippen molar-refractivity contribution in [3.8, 4) is 0 Å². The number of rotatable bonds is 6. The minimum Gasteiger partial charge on any atom is -0.329 e. The third-order valence-corrected chi connectivity index (χ3v) is 4.73. The van der Waals surface area contributed by atoms with Crippen LogP contribution in [0, 0.1) is 11.8 Å². The quantitative estimate of drug-likeness (QED) is 0.867. The lowest BCUT2D eigenvalue weighted by Crippen LogP contribution is -2.46. The van der Waals surface area contributed by atoms with E-state index in [1.54, 1.807) is 0 Å². The van der Waals surface area contributed by atoms with E-state index in [0.29, 0.717) is 6.04 Å². The predicted molar refractivity (Wildman–Crippen MR) is 84.3 cm³/mol. The highest BCUT2D eigenvalue weighted by atomic mass is 15.2. The summed E-state index contributed by atoms with van der Waals surface area (Å²) in [7, 11) is 0. The summed E-state index contributed by atoms with van der Waals surface area (Å²) in [5.74, 6) is 1.61. The summed E-state index contributed by atoms with van der Waals surface area (Å²) in [5.41, 5.74) is 7.27. The molecule has 1 aliphatic rings. The van der Waals surface area contributed by atoms with Gasteiger partial charge in [0.25, 0.3) is 0 Å². The highest BCUT2D eigenvalue weighted by Crippen LogP contribution is 2.32. The maximum atomic E-state index is 6.12. The third kappa shape index (κ3) is 4.03. The van der Waals surface area contributed by atoms with E-state index in [4.69, 9.17) is 5.73 Å². The molecule has 2 N–H and O–H groups in total. The van der Waals surface area contributed by atoms with Crippen LogP contribution in [0.15, 0.2) is 24.4 Å². The van der Waals surface area contributed by atoms with Crippen molar-refractivity contribution in [3.63, 3.8) is 0 Å². The van der Waals surface area contributed by atoms with Crippen molar-refractivity contribution in [1.29, 1.82) is 0 Å². The zero-order valence-electron chi connectivity index (χ0n) is 13.0. The number of pyridine rings is 1. The van der Waals surface area contributed by atoms with E-state index in [2.05, 4.69) is 35.9 Å². The lowest BCUT2D eigenvalue weighted by Gasteiger charge is -2.39. The Morgan fingerprint density at radius 1 is 1.40 bits per heavy atom. The van der Waals surface area contributed by atoms with Crippen molar-refractivity contribution in [1.82, 2.24) is 9.88 Å². The number of hydrogen-bond donors (Lipinski definition) is 1. The third-order valence-electron chi connectivity index (χ3n) is 4.73. The van der Waals surface area contributed by atoms with E-state index in [1.807, 2.05) is 12.3 Å². The largest absolute Gasteiger partial charge is 0.329 e. The smallest absolute Gasteiger partial charge is 0.0544 e. The standard InChI is InChI=1S/C17H29N3/c1-3-20(13-16-9-4-5-10-19-16)17(12-18)15-8-6-7-14(2)11-15/h4-5,9-10,14-15,17H,3,6-8,11-13,18H2,1-2H3. The van der Waals surface area contributed by atoms with Crippen LogP contribution in [-0.4, -0.2) is 29.0 Å². The van der Waals surface area contributed by atoms with Gasteiger partial charge in [0.15, 0.2) is 0 Å². The summed E-state index contributed by atoms with van der Waals surface area (Å²) in [6, 6.07) is 6.66. The Hall–Kier alpha value is -0.930. The average Bonchev–Trinajstić information content (AvgIpc) is 2.48. The molecular weight excluding hydrogens is 246 g/mol. The summed E-state index contributed by atoms with van der Waals surface area (Å²) >= 11 is 0. The second-order valence-corrected chi connectivity index (χ2v) is 6.22. The molecule has 1 aromatic heterocycles. The highest BCUT2D eigenvalue weighted by Gasteiger charge is 2.29. The van der Waals surface area contributed by atoms with Gasteiger partial charge in [0.05, 0.1) is 5.69 Å². The molecular formula is C17H29N3. The summed E-state index contributed by atoms with van der Waals surface area (Å²) in [5, 5.41) is 0. The molecule has 0 saturated heterocycles. The van der Waals surface area contributed by atoms with Crippen LogP contribution < -0.4 is 5.73 Å². The van der Waals surface area contributed by atoms with E-state index < -0.39 is 0 Å². The van der Waals surface area contributed by atoms with Gasteiger partial charge < -0.3 is 5.73 Å². The number of aromatic nitrogens is 1. The molecule has 20 heavy (non-hydrogen) atoms. The molecule has 3 atom stereocenters. The van der Waals surface area contributed by atoms with Gasteiger partial charge in [-0.2, -0.15) is 0 Å². The monoisotopic (exact) mass is 275 g/mol. The molecule has 1 heterocycles. The van der Waals surface area contributed by atoms with Gasteiger partial charge in [0.1, 0.15) is 0 Å². The molecule has 0 amide bonds. The van der Waals surface area contributed by atoms with Gasteiger partial charge >= 0.3 is 0 Å². The molecule has 0 aliphatic heterocycles. The Morgan fingerprint density at radius 2 is 2.25 bits per heavy atom. The van der Waals surface area contributed by atoms with Crippen molar-refractivity contribution < 1.29 is 0 Å². The van der Waals surface area contributed by atoms with E-state index in [-0.39, 0.29) is 0 Å². The molecule has 112 valence electrons. The van der Waals surface area contributed by atoms with Crippen molar-refractivity contribution in [2.75, 3.05) is 13.1 Å². The van der Waals surface area contributed by atoms with Crippen LogP contribution in [0.1, 0.15) is 45.2 Å². The van der Waals surface area contributed by atoms with Crippen LogP contribution in [-0.2, 0) is 6.54 Å². The van der Waals surface area contributed by atoms with Gasteiger partial charge in [-0.3, -0.25) is 9.88 Å². The van der Waals surface area contributed by atoms with Gasteiger partial charge in [-0.25, -0.2) is 0 Å². The van der Waals surface area contributed by atoms with Crippen LogP contribution in [0.3, 0.4) is 0 Å². The first kappa shape index (κ1) is 15.5. The van der Waals surface area contributed by atoms with Crippen LogP contribution in [0.5, 0.6) is 0 Å². The zero-order chi connectivity index (χ0) is 14.4. The normalized spacial score (nSPS) is 24.8. The van der Waals surface area contributed by atoms with Gasteiger partial charge in [-0.05, 0) is 43.4 Å². The number of nitrogens with zero attached hydrogens (tertiary/aromatic N) is 2. The van der Waals surface area contributed by atoms with Gasteiger partial charge in [0, 0.05) is 25.3 Å². The van der Waals surface area contributed by atoms with Crippen LogP contribution in [0.4, 0.5) is 0 Å². The average molecular weight is 275 g/mol. The Bertz CT molecular complexity index is 379. The second-order valence-electron chi connectivity index (χ2n) is 6.22. The van der Waals surface area contributed by atoms with Crippen LogP contribution in [0.2, 0.25) is 0 Å². The molecule has 3 unspecified atom stereocenters. The fraction of sp³-hybridized carbons (Fsp3) is 0.706. The number of hydrogen-bond acceptors (Lipinski definition) is 3. The predicted octanol–water partition coefficient (Wildman–Crippen LogP) is 3.06. The molecule has 1 aromatic rings. The zero-order valence-corrected chi connectivity index (χ0v) is 13.0. The Kier molecular flexibility index (Phi) is 5.99. The van der Waals surface area contributed by atoms with Crippen molar-refractivity contribution in [3.05, 3.63) is 30.1 Å². The van der Waals surface area contributed by atoms with E-state index in [1.165, 1.54) is 25.7 Å². The molecule has 0 spiro atoms.